The normalized spacial score (nSPS) is 10.7. The lowest BCUT2D eigenvalue weighted by atomic mass is 10.1. The minimum atomic E-state index is -0.551. The number of amides is 1. The largest absolute Gasteiger partial charge is 0.496 e. The predicted octanol–water partition coefficient (Wildman–Crippen LogP) is 1.35. The highest BCUT2D eigenvalue weighted by atomic mass is 16.5. The summed E-state index contributed by atoms with van der Waals surface area (Å²) >= 11 is 0. The molecule has 18 heavy (non-hydrogen) atoms. The first-order valence-electron chi connectivity index (χ1n) is 5.29. The fourth-order valence-electron chi connectivity index (χ4n) is 1.41. The van der Waals surface area contributed by atoms with Gasteiger partial charge < -0.3 is 14.8 Å². The second-order valence-corrected chi connectivity index (χ2v) is 3.46. The zero-order chi connectivity index (χ0) is 13.5. The molecule has 1 aromatic rings. The van der Waals surface area contributed by atoms with Gasteiger partial charge in [0, 0.05) is 18.6 Å². The van der Waals surface area contributed by atoms with E-state index in [0.29, 0.717) is 17.0 Å². The zero-order valence-electron chi connectivity index (χ0n) is 10.5. The van der Waals surface area contributed by atoms with Gasteiger partial charge >= 0.3 is 5.97 Å². The molecule has 1 N–H and O–H groups in total. The Morgan fingerprint density at radius 2 is 1.89 bits per heavy atom. The van der Waals surface area contributed by atoms with Gasteiger partial charge in [0.05, 0.1) is 19.9 Å². The van der Waals surface area contributed by atoms with Gasteiger partial charge in [0.2, 0.25) is 5.91 Å². The molecule has 0 heterocycles. The number of ether oxygens (including phenoxy) is 2. The second-order valence-electron chi connectivity index (χ2n) is 3.46. The summed E-state index contributed by atoms with van der Waals surface area (Å²) in [5, 5.41) is 2.58. The van der Waals surface area contributed by atoms with Gasteiger partial charge in [-0.2, -0.15) is 0 Å². The average Bonchev–Trinajstić information content (AvgIpc) is 2.37. The van der Waals surface area contributed by atoms with Crippen LogP contribution in [0.2, 0.25) is 0 Å². The molecule has 5 heteroatoms. The van der Waals surface area contributed by atoms with Crippen LogP contribution in [-0.4, -0.2) is 26.1 Å². The van der Waals surface area contributed by atoms with Crippen molar-refractivity contribution < 1.29 is 19.1 Å². The van der Waals surface area contributed by atoms with Crippen molar-refractivity contribution >= 4 is 17.6 Å². The number of para-hydroxylation sites is 1. The van der Waals surface area contributed by atoms with Crippen LogP contribution in [0.15, 0.2) is 30.3 Å². The quantitative estimate of drug-likeness (QED) is 0.646. The van der Waals surface area contributed by atoms with Crippen molar-refractivity contribution in [2.45, 2.75) is 6.92 Å². The number of methoxy groups -OCH3 is 2. The average molecular weight is 249 g/mol. The van der Waals surface area contributed by atoms with Gasteiger partial charge in [-0.1, -0.05) is 12.1 Å². The molecule has 0 aromatic heterocycles. The maximum atomic E-state index is 11.3. The van der Waals surface area contributed by atoms with E-state index < -0.39 is 5.97 Å². The lowest BCUT2D eigenvalue weighted by Gasteiger charge is -2.12. The Morgan fingerprint density at radius 3 is 2.44 bits per heavy atom. The number of benzene rings is 1. The standard InChI is InChI=1S/C13H15NO4/c1-9(15)14-11(8-13(16)18-3)10-6-4-5-7-12(10)17-2/h4-8H,1-3H3,(H,14,15)/b11-8+. The van der Waals surface area contributed by atoms with Gasteiger partial charge in [-0.3, -0.25) is 4.79 Å². The molecule has 0 radical (unpaired) electrons. The molecule has 0 aliphatic rings. The van der Waals surface area contributed by atoms with Crippen LogP contribution in [0.1, 0.15) is 12.5 Å². The topological polar surface area (TPSA) is 64.6 Å². The number of hydrogen-bond acceptors (Lipinski definition) is 4. The Balaban J connectivity index is 3.21. The number of nitrogens with one attached hydrogen (secondary N) is 1. The highest BCUT2D eigenvalue weighted by Crippen LogP contribution is 2.23. The van der Waals surface area contributed by atoms with E-state index in [1.165, 1.54) is 27.2 Å². The van der Waals surface area contributed by atoms with E-state index in [2.05, 4.69) is 10.1 Å². The molecule has 1 amide bonds. The maximum Gasteiger partial charge on any atom is 0.332 e. The van der Waals surface area contributed by atoms with E-state index in [1.807, 2.05) is 0 Å². The van der Waals surface area contributed by atoms with Crippen molar-refractivity contribution in [1.82, 2.24) is 5.32 Å². The van der Waals surface area contributed by atoms with E-state index in [1.54, 1.807) is 24.3 Å². The van der Waals surface area contributed by atoms with Crippen LogP contribution in [0.25, 0.3) is 5.70 Å². The molecule has 0 spiro atoms. The Labute approximate surface area is 105 Å². The summed E-state index contributed by atoms with van der Waals surface area (Å²) in [7, 11) is 2.79. The summed E-state index contributed by atoms with van der Waals surface area (Å²) in [4.78, 5) is 22.4. The molecule has 0 aliphatic carbocycles. The molecule has 0 bridgehead atoms. The Morgan fingerprint density at radius 1 is 1.22 bits per heavy atom. The Hall–Kier alpha value is -2.30. The minimum absolute atomic E-state index is 0.281. The molecule has 96 valence electrons. The van der Waals surface area contributed by atoms with Gasteiger partial charge in [0.1, 0.15) is 5.75 Å². The van der Waals surface area contributed by atoms with Gasteiger partial charge in [0.25, 0.3) is 0 Å². The number of hydrogen-bond donors (Lipinski definition) is 1. The van der Waals surface area contributed by atoms with Crippen LogP contribution in [0, 0.1) is 0 Å². The van der Waals surface area contributed by atoms with Crippen LogP contribution in [0.3, 0.4) is 0 Å². The monoisotopic (exact) mass is 249 g/mol. The van der Waals surface area contributed by atoms with Crippen LogP contribution >= 0.6 is 0 Å². The van der Waals surface area contributed by atoms with Crippen LogP contribution in [-0.2, 0) is 14.3 Å². The lowest BCUT2D eigenvalue weighted by molar-refractivity contribution is -0.134. The van der Waals surface area contributed by atoms with Crippen molar-refractivity contribution in [3.8, 4) is 5.75 Å². The highest BCUT2D eigenvalue weighted by Gasteiger charge is 2.11. The van der Waals surface area contributed by atoms with Crippen LogP contribution < -0.4 is 10.1 Å². The molecule has 0 fully saturated rings. The van der Waals surface area contributed by atoms with Crippen LogP contribution in [0.5, 0.6) is 5.75 Å². The van der Waals surface area contributed by atoms with Crippen molar-refractivity contribution in [3.63, 3.8) is 0 Å². The smallest absolute Gasteiger partial charge is 0.332 e. The number of rotatable bonds is 4. The zero-order valence-corrected chi connectivity index (χ0v) is 10.5. The summed E-state index contributed by atoms with van der Waals surface area (Å²) in [6.45, 7) is 1.36. The number of carbonyl (C=O) groups excluding carboxylic acids is 2. The summed E-state index contributed by atoms with van der Waals surface area (Å²) in [6.07, 6.45) is 1.21. The summed E-state index contributed by atoms with van der Waals surface area (Å²) in [5.74, 6) is -0.276. The molecule has 1 rings (SSSR count). The summed E-state index contributed by atoms with van der Waals surface area (Å²) in [5.41, 5.74) is 0.951. The first-order chi connectivity index (χ1) is 8.58. The number of esters is 1. The third kappa shape index (κ3) is 3.62. The molecule has 0 saturated heterocycles. The fourth-order valence-corrected chi connectivity index (χ4v) is 1.41. The molecule has 5 nitrogen and oxygen atoms in total. The Bertz CT molecular complexity index is 480. The lowest BCUT2D eigenvalue weighted by Crippen LogP contribution is -2.19. The van der Waals surface area contributed by atoms with Crippen molar-refractivity contribution in [3.05, 3.63) is 35.9 Å². The molecular weight excluding hydrogens is 234 g/mol. The van der Waals surface area contributed by atoms with Crippen molar-refractivity contribution in [2.75, 3.05) is 14.2 Å². The fraction of sp³-hybridized carbons (Fsp3) is 0.231. The van der Waals surface area contributed by atoms with E-state index in [4.69, 9.17) is 4.74 Å². The Kier molecular flexibility index (Phi) is 4.92. The van der Waals surface area contributed by atoms with Gasteiger partial charge in [-0.15, -0.1) is 0 Å². The highest BCUT2D eigenvalue weighted by molar-refractivity contribution is 5.96. The van der Waals surface area contributed by atoms with Gasteiger partial charge in [0.15, 0.2) is 0 Å². The minimum Gasteiger partial charge on any atom is -0.496 e. The number of carbonyl (C=O) groups is 2. The SMILES string of the molecule is COC(=O)/C=C(/NC(C)=O)c1ccccc1OC. The van der Waals surface area contributed by atoms with Gasteiger partial charge in [-0.05, 0) is 12.1 Å². The molecule has 1 aromatic carbocycles. The molecular formula is C13H15NO4. The van der Waals surface area contributed by atoms with Crippen molar-refractivity contribution in [1.29, 1.82) is 0 Å². The van der Waals surface area contributed by atoms with Gasteiger partial charge in [-0.25, -0.2) is 4.79 Å². The van der Waals surface area contributed by atoms with Crippen LogP contribution in [0.4, 0.5) is 0 Å². The third-order valence-electron chi connectivity index (χ3n) is 2.17. The van der Waals surface area contributed by atoms with E-state index in [9.17, 15) is 9.59 Å². The van der Waals surface area contributed by atoms with E-state index >= 15 is 0 Å². The molecule has 0 unspecified atom stereocenters. The molecule has 0 atom stereocenters. The summed E-state index contributed by atoms with van der Waals surface area (Å²) < 4.78 is 9.73. The second kappa shape index (κ2) is 6.44. The third-order valence-corrected chi connectivity index (χ3v) is 2.17. The molecule has 0 saturated carbocycles. The maximum absolute atomic E-state index is 11.3. The van der Waals surface area contributed by atoms with Crippen molar-refractivity contribution in [2.24, 2.45) is 0 Å². The van der Waals surface area contributed by atoms with E-state index in [0.717, 1.165) is 0 Å². The molecule has 0 aliphatic heterocycles. The van der Waals surface area contributed by atoms with E-state index in [-0.39, 0.29) is 5.91 Å². The predicted molar refractivity (Wildman–Crippen MR) is 66.8 cm³/mol. The first-order valence-corrected chi connectivity index (χ1v) is 5.29. The first kappa shape index (κ1) is 13.8. The summed E-state index contributed by atoms with van der Waals surface area (Å²) in [6, 6.07) is 7.06.